The molecule has 0 spiro atoms. The Morgan fingerprint density at radius 1 is 1.65 bits per heavy atom. The minimum absolute atomic E-state index is 0.178. The van der Waals surface area contributed by atoms with E-state index in [1.165, 1.54) is 11.3 Å². The molecule has 2 aromatic rings. The number of fused-ring (bicyclic) bond motifs is 1. The second-order valence-electron chi connectivity index (χ2n) is 3.44. The molecule has 0 saturated heterocycles. The number of hydrogen-bond acceptors (Lipinski definition) is 5. The predicted molar refractivity (Wildman–Crippen MR) is 68.2 cm³/mol. The Morgan fingerprint density at radius 2 is 2.47 bits per heavy atom. The fourth-order valence-corrected chi connectivity index (χ4v) is 2.46. The fraction of sp³-hybridized carbons (Fsp3) is 0.273. The molecule has 0 saturated carbocycles. The van der Waals surface area contributed by atoms with E-state index in [4.69, 9.17) is 10.5 Å². The molecule has 90 valence electrons. The number of pyridine rings is 1. The standard InChI is InChI=1S/C11H13N3O2S/c1-16-6-5-14-11(15)10-8(12)9-7(17-10)3-2-4-13-9/h2-4H,5-6,12H2,1H3,(H,14,15). The number of thiophene rings is 1. The van der Waals surface area contributed by atoms with Crippen LogP contribution in [0.2, 0.25) is 0 Å². The molecule has 2 rings (SSSR count). The van der Waals surface area contributed by atoms with Gasteiger partial charge in [0, 0.05) is 19.9 Å². The highest BCUT2D eigenvalue weighted by atomic mass is 32.1. The third kappa shape index (κ3) is 2.37. The van der Waals surface area contributed by atoms with Crippen LogP contribution in [0.25, 0.3) is 10.2 Å². The maximum Gasteiger partial charge on any atom is 0.263 e. The topological polar surface area (TPSA) is 77.2 Å². The lowest BCUT2D eigenvalue weighted by Crippen LogP contribution is -2.26. The average Bonchev–Trinajstić information content (AvgIpc) is 2.68. The van der Waals surface area contributed by atoms with Crippen LogP contribution in [0.5, 0.6) is 0 Å². The van der Waals surface area contributed by atoms with Crippen molar-refractivity contribution < 1.29 is 9.53 Å². The van der Waals surface area contributed by atoms with E-state index in [9.17, 15) is 4.79 Å². The molecular weight excluding hydrogens is 238 g/mol. The Kier molecular flexibility index (Phi) is 3.55. The molecule has 2 aromatic heterocycles. The Bertz CT molecular complexity index is 538. The summed E-state index contributed by atoms with van der Waals surface area (Å²) < 4.78 is 5.78. The predicted octanol–water partition coefficient (Wildman–Crippen LogP) is 1.25. The van der Waals surface area contributed by atoms with E-state index >= 15 is 0 Å². The number of rotatable bonds is 4. The van der Waals surface area contributed by atoms with Crippen molar-refractivity contribution in [1.29, 1.82) is 0 Å². The van der Waals surface area contributed by atoms with E-state index in [0.29, 0.717) is 29.2 Å². The van der Waals surface area contributed by atoms with Gasteiger partial charge in [-0.25, -0.2) is 0 Å². The monoisotopic (exact) mass is 251 g/mol. The smallest absolute Gasteiger partial charge is 0.263 e. The van der Waals surface area contributed by atoms with E-state index in [0.717, 1.165) is 4.70 Å². The van der Waals surface area contributed by atoms with Crippen molar-refractivity contribution >= 4 is 33.1 Å². The van der Waals surface area contributed by atoms with Crippen LogP contribution in [-0.4, -0.2) is 31.2 Å². The summed E-state index contributed by atoms with van der Waals surface area (Å²) in [6.45, 7) is 0.950. The van der Waals surface area contributed by atoms with Gasteiger partial charge in [0.2, 0.25) is 0 Å². The van der Waals surface area contributed by atoms with Crippen LogP contribution in [0.4, 0.5) is 5.69 Å². The summed E-state index contributed by atoms with van der Waals surface area (Å²) in [5.41, 5.74) is 7.03. The molecule has 0 aliphatic rings. The largest absolute Gasteiger partial charge is 0.396 e. The first-order valence-corrected chi connectivity index (χ1v) is 5.96. The minimum Gasteiger partial charge on any atom is -0.396 e. The zero-order valence-electron chi connectivity index (χ0n) is 9.40. The van der Waals surface area contributed by atoms with Gasteiger partial charge in [0.1, 0.15) is 10.4 Å². The van der Waals surface area contributed by atoms with E-state index in [-0.39, 0.29) is 5.91 Å². The number of ether oxygens (including phenoxy) is 1. The zero-order chi connectivity index (χ0) is 12.3. The van der Waals surface area contributed by atoms with Crippen LogP contribution in [0.1, 0.15) is 9.67 Å². The highest BCUT2D eigenvalue weighted by molar-refractivity contribution is 7.21. The van der Waals surface area contributed by atoms with Crippen LogP contribution in [0, 0.1) is 0 Å². The third-order valence-electron chi connectivity index (χ3n) is 2.28. The van der Waals surface area contributed by atoms with Crippen molar-refractivity contribution in [3.8, 4) is 0 Å². The molecule has 1 amide bonds. The average molecular weight is 251 g/mol. The van der Waals surface area contributed by atoms with Crippen molar-refractivity contribution in [3.63, 3.8) is 0 Å². The highest BCUT2D eigenvalue weighted by Crippen LogP contribution is 2.31. The van der Waals surface area contributed by atoms with E-state index < -0.39 is 0 Å². The van der Waals surface area contributed by atoms with Crippen LogP contribution in [-0.2, 0) is 4.74 Å². The molecule has 0 bridgehead atoms. The first kappa shape index (κ1) is 11.8. The number of carbonyl (C=O) groups excluding carboxylic acids is 1. The van der Waals surface area contributed by atoms with E-state index in [1.54, 1.807) is 13.3 Å². The molecule has 6 heteroatoms. The van der Waals surface area contributed by atoms with Crippen LogP contribution in [0.3, 0.4) is 0 Å². The van der Waals surface area contributed by atoms with Gasteiger partial charge in [-0.15, -0.1) is 11.3 Å². The van der Waals surface area contributed by atoms with Crippen molar-refractivity contribution in [3.05, 3.63) is 23.2 Å². The van der Waals surface area contributed by atoms with Gasteiger partial charge < -0.3 is 15.8 Å². The molecule has 0 atom stereocenters. The summed E-state index contributed by atoms with van der Waals surface area (Å²) in [6, 6.07) is 3.72. The van der Waals surface area contributed by atoms with E-state index in [2.05, 4.69) is 10.3 Å². The van der Waals surface area contributed by atoms with Gasteiger partial charge in [-0.2, -0.15) is 0 Å². The Balaban J connectivity index is 2.23. The number of aromatic nitrogens is 1. The summed E-state index contributed by atoms with van der Waals surface area (Å²) in [5, 5.41) is 2.74. The van der Waals surface area contributed by atoms with Gasteiger partial charge in [-0.05, 0) is 12.1 Å². The number of nitrogens with two attached hydrogens (primary N) is 1. The Morgan fingerprint density at radius 3 is 3.18 bits per heavy atom. The Labute approximate surface area is 103 Å². The fourth-order valence-electron chi connectivity index (χ4n) is 1.46. The lowest BCUT2D eigenvalue weighted by molar-refractivity contribution is 0.0942. The lowest BCUT2D eigenvalue weighted by atomic mass is 10.3. The molecule has 0 fully saturated rings. The molecular formula is C11H13N3O2S. The van der Waals surface area contributed by atoms with Gasteiger partial charge in [0.05, 0.1) is 17.0 Å². The normalized spacial score (nSPS) is 10.6. The zero-order valence-corrected chi connectivity index (χ0v) is 10.2. The van der Waals surface area contributed by atoms with Gasteiger partial charge >= 0.3 is 0 Å². The first-order valence-electron chi connectivity index (χ1n) is 5.14. The molecule has 5 nitrogen and oxygen atoms in total. The summed E-state index contributed by atoms with van der Waals surface area (Å²) in [4.78, 5) is 16.5. The second-order valence-corrected chi connectivity index (χ2v) is 4.50. The maximum absolute atomic E-state index is 11.8. The summed E-state index contributed by atoms with van der Waals surface area (Å²) >= 11 is 1.35. The van der Waals surface area contributed by atoms with Crippen molar-refractivity contribution in [2.75, 3.05) is 26.0 Å². The number of methoxy groups -OCH3 is 1. The van der Waals surface area contributed by atoms with Gasteiger partial charge in [0.25, 0.3) is 5.91 Å². The van der Waals surface area contributed by atoms with Crippen molar-refractivity contribution in [2.24, 2.45) is 0 Å². The van der Waals surface area contributed by atoms with Crippen molar-refractivity contribution in [2.45, 2.75) is 0 Å². The summed E-state index contributed by atoms with van der Waals surface area (Å²) in [7, 11) is 1.59. The van der Waals surface area contributed by atoms with E-state index in [1.807, 2.05) is 12.1 Å². The second kappa shape index (κ2) is 5.11. The number of nitrogens with zero attached hydrogens (tertiary/aromatic N) is 1. The molecule has 0 aromatic carbocycles. The maximum atomic E-state index is 11.8. The number of anilines is 1. The number of nitrogens with one attached hydrogen (secondary N) is 1. The molecule has 2 heterocycles. The summed E-state index contributed by atoms with van der Waals surface area (Å²) in [6.07, 6.45) is 1.66. The van der Waals surface area contributed by atoms with Gasteiger partial charge in [0.15, 0.2) is 0 Å². The van der Waals surface area contributed by atoms with Crippen molar-refractivity contribution in [1.82, 2.24) is 10.3 Å². The molecule has 3 N–H and O–H groups in total. The first-order chi connectivity index (χ1) is 8.24. The summed E-state index contributed by atoms with van der Waals surface area (Å²) in [5.74, 6) is -0.178. The number of carbonyl (C=O) groups is 1. The number of amides is 1. The third-order valence-corrected chi connectivity index (χ3v) is 3.44. The molecule has 0 aliphatic carbocycles. The Hall–Kier alpha value is -1.66. The SMILES string of the molecule is COCCNC(=O)c1sc2cccnc2c1N. The van der Waals surface area contributed by atoms with Crippen LogP contribution >= 0.6 is 11.3 Å². The molecule has 0 aliphatic heterocycles. The van der Waals surface area contributed by atoms with Gasteiger partial charge in [-0.1, -0.05) is 0 Å². The molecule has 17 heavy (non-hydrogen) atoms. The quantitative estimate of drug-likeness (QED) is 0.802. The highest BCUT2D eigenvalue weighted by Gasteiger charge is 2.16. The van der Waals surface area contributed by atoms with Gasteiger partial charge in [-0.3, -0.25) is 9.78 Å². The van der Waals surface area contributed by atoms with Crippen LogP contribution in [0.15, 0.2) is 18.3 Å². The minimum atomic E-state index is -0.178. The molecule has 0 unspecified atom stereocenters. The van der Waals surface area contributed by atoms with Crippen LogP contribution < -0.4 is 11.1 Å². The lowest BCUT2D eigenvalue weighted by Gasteiger charge is -2.02. The number of nitrogen functional groups attached to an aromatic ring is 1. The molecule has 0 radical (unpaired) electrons. The number of hydrogen-bond donors (Lipinski definition) is 2.